The molecule has 3 aliphatic rings. The summed E-state index contributed by atoms with van der Waals surface area (Å²) in [5.74, 6) is -0.455. The first-order chi connectivity index (χ1) is 12.6. The Labute approximate surface area is 152 Å². The Kier molecular flexibility index (Phi) is 4.26. The maximum Gasteiger partial charge on any atom is 0.263 e. The van der Waals surface area contributed by atoms with Crippen LogP contribution in [0.15, 0.2) is 30.9 Å². The molecule has 0 spiro atoms. The minimum atomic E-state index is -0.179. The number of carbonyl (C=O) groups excluding carboxylic acids is 3. The second-order valence-electron chi connectivity index (χ2n) is 7.23. The van der Waals surface area contributed by atoms with Crippen LogP contribution in [0.3, 0.4) is 0 Å². The van der Waals surface area contributed by atoms with Gasteiger partial charge in [0.25, 0.3) is 11.8 Å². The first kappa shape index (κ1) is 16.8. The van der Waals surface area contributed by atoms with Gasteiger partial charge in [0.05, 0.1) is 22.7 Å². The minimum absolute atomic E-state index is 0.0178. The molecular weight excluding hydrogens is 330 g/mol. The van der Waals surface area contributed by atoms with Gasteiger partial charge in [-0.1, -0.05) is 12.1 Å². The molecule has 2 aliphatic heterocycles. The summed E-state index contributed by atoms with van der Waals surface area (Å²) in [6, 6.07) is 5.52. The lowest BCUT2D eigenvalue weighted by molar-refractivity contribution is -0.125. The third kappa shape index (κ3) is 2.79. The molecule has 1 aromatic rings. The number of benzene rings is 1. The smallest absolute Gasteiger partial charge is 0.263 e. The highest BCUT2D eigenvalue weighted by Crippen LogP contribution is 2.39. The van der Waals surface area contributed by atoms with Gasteiger partial charge in [-0.05, 0) is 37.8 Å². The lowest BCUT2D eigenvalue weighted by Gasteiger charge is -2.34. The molecule has 0 aromatic heterocycles. The molecule has 1 saturated carbocycles. The van der Waals surface area contributed by atoms with Crippen molar-refractivity contribution in [1.82, 2.24) is 10.2 Å². The Morgan fingerprint density at radius 2 is 2.04 bits per heavy atom. The number of amides is 3. The van der Waals surface area contributed by atoms with Crippen molar-refractivity contribution < 1.29 is 14.4 Å². The number of fused-ring (bicyclic) bond motifs is 1. The van der Waals surface area contributed by atoms with E-state index in [4.69, 9.17) is 0 Å². The predicted molar refractivity (Wildman–Crippen MR) is 98.1 cm³/mol. The Bertz CT molecular complexity index is 785. The molecule has 3 amide bonds. The number of hydrogen-bond acceptors (Lipinski definition) is 4. The lowest BCUT2D eigenvalue weighted by Crippen LogP contribution is -2.43. The topological polar surface area (TPSA) is 69.7 Å². The van der Waals surface area contributed by atoms with E-state index >= 15 is 0 Å². The highest BCUT2D eigenvalue weighted by Gasteiger charge is 2.46. The van der Waals surface area contributed by atoms with Crippen molar-refractivity contribution in [2.45, 2.75) is 31.7 Å². The zero-order valence-electron chi connectivity index (χ0n) is 14.7. The van der Waals surface area contributed by atoms with Crippen LogP contribution >= 0.6 is 0 Å². The van der Waals surface area contributed by atoms with Gasteiger partial charge >= 0.3 is 0 Å². The summed E-state index contributed by atoms with van der Waals surface area (Å²) in [5, 5.41) is 2.86. The van der Waals surface area contributed by atoms with Gasteiger partial charge in [0.1, 0.15) is 0 Å². The molecule has 1 N–H and O–H groups in total. The van der Waals surface area contributed by atoms with Gasteiger partial charge < -0.3 is 10.2 Å². The van der Waals surface area contributed by atoms with E-state index in [-0.39, 0.29) is 29.7 Å². The van der Waals surface area contributed by atoms with Gasteiger partial charge in [-0.25, -0.2) is 0 Å². The van der Waals surface area contributed by atoms with Crippen LogP contribution in [0.2, 0.25) is 0 Å². The van der Waals surface area contributed by atoms with E-state index in [1.165, 1.54) is 4.90 Å². The quantitative estimate of drug-likeness (QED) is 0.649. The molecule has 0 bridgehead atoms. The average molecular weight is 353 g/mol. The summed E-state index contributed by atoms with van der Waals surface area (Å²) < 4.78 is 0. The molecule has 2 fully saturated rings. The van der Waals surface area contributed by atoms with Crippen molar-refractivity contribution >= 4 is 23.4 Å². The molecule has 1 aliphatic carbocycles. The zero-order chi connectivity index (χ0) is 18.3. The maximum atomic E-state index is 12.9. The van der Waals surface area contributed by atoms with Crippen LogP contribution in [-0.4, -0.2) is 48.3 Å². The lowest BCUT2D eigenvalue weighted by atomic mass is 9.95. The van der Waals surface area contributed by atoms with Gasteiger partial charge in [-0.3, -0.25) is 19.3 Å². The van der Waals surface area contributed by atoms with Gasteiger partial charge in [-0.15, -0.1) is 6.58 Å². The molecule has 1 aromatic carbocycles. The molecule has 1 atom stereocenters. The van der Waals surface area contributed by atoms with Crippen molar-refractivity contribution in [2.24, 2.45) is 5.92 Å². The molecule has 6 heteroatoms. The van der Waals surface area contributed by atoms with E-state index in [0.717, 1.165) is 37.9 Å². The summed E-state index contributed by atoms with van der Waals surface area (Å²) in [6.07, 6.45) is 5.17. The normalized spacial score (nSPS) is 22.4. The van der Waals surface area contributed by atoms with E-state index in [0.29, 0.717) is 24.2 Å². The molecule has 4 rings (SSSR count). The zero-order valence-corrected chi connectivity index (χ0v) is 14.7. The van der Waals surface area contributed by atoms with E-state index in [9.17, 15) is 14.4 Å². The van der Waals surface area contributed by atoms with Gasteiger partial charge in [0.2, 0.25) is 5.91 Å². The summed E-state index contributed by atoms with van der Waals surface area (Å²) in [4.78, 5) is 41.4. The first-order valence-corrected chi connectivity index (χ1v) is 9.26. The number of nitrogens with zero attached hydrogens (tertiary/aromatic N) is 2. The Hall–Kier alpha value is -2.63. The standard InChI is InChI=1S/C20H23N3O3/c1-2-10-21-18(24)13-5-4-11-22(12-13)16-7-3-6-15-17(16)20(26)23(19(15)25)14-8-9-14/h2-3,6-7,13-14H,1,4-5,8-12H2,(H,21,24). The third-order valence-electron chi connectivity index (χ3n) is 5.39. The number of rotatable bonds is 5. The van der Waals surface area contributed by atoms with E-state index in [1.807, 2.05) is 12.1 Å². The summed E-state index contributed by atoms with van der Waals surface area (Å²) in [7, 11) is 0. The molecular formula is C20H23N3O3. The second kappa shape index (κ2) is 6.59. The Balaban J connectivity index is 1.59. The van der Waals surface area contributed by atoms with E-state index in [1.54, 1.807) is 12.1 Å². The van der Waals surface area contributed by atoms with E-state index in [2.05, 4.69) is 16.8 Å². The monoisotopic (exact) mass is 353 g/mol. The highest BCUT2D eigenvalue weighted by atomic mass is 16.2. The van der Waals surface area contributed by atoms with Crippen LogP contribution in [-0.2, 0) is 4.79 Å². The van der Waals surface area contributed by atoms with Crippen LogP contribution in [0.25, 0.3) is 0 Å². The highest BCUT2D eigenvalue weighted by molar-refractivity contribution is 6.24. The third-order valence-corrected chi connectivity index (χ3v) is 5.39. The van der Waals surface area contributed by atoms with Crippen molar-refractivity contribution in [2.75, 3.05) is 24.5 Å². The number of imide groups is 1. The van der Waals surface area contributed by atoms with Crippen molar-refractivity contribution in [1.29, 1.82) is 0 Å². The van der Waals surface area contributed by atoms with Crippen molar-refractivity contribution in [3.63, 3.8) is 0 Å². The molecule has 1 unspecified atom stereocenters. The van der Waals surface area contributed by atoms with Crippen LogP contribution in [0.5, 0.6) is 0 Å². The van der Waals surface area contributed by atoms with Crippen molar-refractivity contribution in [3.05, 3.63) is 42.0 Å². The number of piperidine rings is 1. The van der Waals surface area contributed by atoms with Crippen LogP contribution in [0.4, 0.5) is 5.69 Å². The molecule has 6 nitrogen and oxygen atoms in total. The van der Waals surface area contributed by atoms with Crippen molar-refractivity contribution in [3.8, 4) is 0 Å². The first-order valence-electron chi connectivity index (χ1n) is 9.26. The Morgan fingerprint density at radius 1 is 1.23 bits per heavy atom. The molecule has 1 saturated heterocycles. The molecule has 26 heavy (non-hydrogen) atoms. The minimum Gasteiger partial charge on any atom is -0.370 e. The molecule has 136 valence electrons. The fraction of sp³-hybridized carbons (Fsp3) is 0.450. The summed E-state index contributed by atoms with van der Waals surface area (Å²) in [5.41, 5.74) is 1.79. The fourth-order valence-corrected chi connectivity index (χ4v) is 3.94. The molecule has 0 radical (unpaired) electrons. The number of nitrogens with one attached hydrogen (secondary N) is 1. The number of hydrogen-bond donors (Lipinski definition) is 1. The van der Waals surface area contributed by atoms with Gasteiger partial charge in [-0.2, -0.15) is 0 Å². The van der Waals surface area contributed by atoms with Gasteiger partial charge in [0, 0.05) is 25.7 Å². The fourth-order valence-electron chi connectivity index (χ4n) is 3.94. The maximum absolute atomic E-state index is 12.9. The SMILES string of the molecule is C=CCNC(=O)C1CCCN(c2cccc3c2C(=O)N(C2CC2)C3=O)C1. The Morgan fingerprint density at radius 3 is 2.77 bits per heavy atom. The summed E-state index contributed by atoms with van der Waals surface area (Å²) >= 11 is 0. The van der Waals surface area contributed by atoms with E-state index < -0.39 is 0 Å². The van der Waals surface area contributed by atoms with Gasteiger partial charge in [0.15, 0.2) is 0 Å². The average Bonchev–Trinajstić information content (AvgIpc) is 3.46. The largest absolute Gasteiger partial charge is 0.370 e. The molecule has 2 heterocycles. The van der Waals surface area contributed by atoms with Crippen LogP contribution in [0.1, 0.15) is 46.4 Å². The van der Waals surface area contributed by atoms with Crippen LogP contribution < -0.4 is 10.2 Å². The van der Waals surface area contributed by atoms with Crippen LogP contribution in [0, 0.1) is 5.92 Å². The number of anilines is 1. The second-order valence-corrected chi connectivity index (χ2v) is 7.23. The number of carbonyl (C=O) groups is 3. The predicted octanol–water partition coefficient (Wildman–Crippen LogP) is 1.96. The summed E-state index contributed by atoms with van der Waals surface area (Å²) in [6.45, 7) is 5.42.